The van der Waals surface area contributed by atoms with Gasteiger partial charge < -0.3 is 29.1 Å². The average molecular weight is 543 g/mol. The Morgan fingerprint density at radius 1 is 1.08 bits per heavy atom. The first-order chi connectivity index (χ1) is 18.7. The van der Waals surface area contributed by atoms with Gasteiger partial charge in [0.2, 0.25) is 0 Å². The minimum absolute atomic E-state index is 0.000894. The molecule has 0 radical (unpaired) electrons. The number of benzene rings is 2. The average Bonchev–Trinajstić information content (AvgIpc) is 3.33. The maximum Gasteiger partial charge on any atom is 0.328 e. The number of Topliss-reactive ketones (excluding diaryl/α,β-unsaturated/α-hetero) is 1. The Kier molecular flexibility index (Phi) is 10.6. The van der Waals surface area contributed by atoms with Gasteiger partial charge in [0.05, 0.1) is 19.4 Å². The minimum Gasteiger partial charge on any atom is -0.493 e. The number of methoxy groups -OCH3 is 1. The lowest BCUT2D eigenvalue weighted by Gasteiger charge is -2.31. The molecule has 1 aliphatic heterocycles. The molecule has 0 atom stereocenters. The number of carboxylic acids is 2. The summed E-state index contributed by atoms with van der Waals surface area (Å²) in [7, 11) is 1.57. The van der Waals surface area contributed by atoms with Crippen molar-refractivity contribution in [2.45, 2.75) is 32.1 Å². The number of fused-ring (bicyclic) bond motifs is 1. The molecule has 0 aliphatic carbocycles. The standard InChI is InChI=1S/C24H27FN2O4.C4H4O4/c1-16(28)18-4-7-21(23(14-18)29-2)30-13-3-10-27-11-8-17(9-12-27)24-20-6-5-19(25)15-22(20)31-26-24;5-3(6)1-2-4(7)8/h4-7,14-15,17H,3,8-13H2,1-2H3;1-2H,(H,5,6)(H,7,8)/b;2-1+. The third-order valence-electron chi connectivity index (χ3n) is 6.25. The summed E-state index contributed by atoms with van der Waals surface area (Å²) in [6.07, 6.45) is 4.01. The molecule has 2 N–H and O–H groups in total. The van der Waals surface area contributed by atoms with Gasteiger partial charge in [-0.2, -0.15) is 0 Å². The number of carboxylic acid groups (broad SMARTS) is 2. The summed E-state index contributed by atoms with van der Waals surface area (Å²) in [5, 5.41) is 20.8. The Morgan fingerprint density at radius 2 is 1.77 bits per heavy atom. The van der Waals surface area contributed by atoms with E-state index in [2.05, 4.69) is 10.1 Å². The molecule has 11 heteroatoms. The lowest BCUT2D eigenvalue weighted by Crippen LogP contribution is -2.34. The zero-order valence-corrected chi connectivity index (χ0v) is 21.8. The quantitative estimate of drug-likeness (QED) is 0.213. The number of hydrogen-bond acceptors (Lipinski definition) is 8. The van der Waals surface area contributed by atoms with Gasteiger partial charge in [-0.1, -0.05) is 5.16 Å². The van der Waals surface area contributed by atoms with Crippen LogP contribution in [0.3, 0.4) is 0 Å². The van der Waals surface area contributed by atoms with E-state index < -0.39 is 11.9 Å². The predicted molar refractivity (Wildman–Crippen MR) is 140 cm³/mol. The van der Waals surface area contributed by atoms with Gasteiger partial charge in [0.15, 0.2) is 22.9 Å². The van der Waals surface area contributed by atoms with Crippen molar-refractivity contribution in [1.82, 2.24) is 10.1 Å². The van der Waals surface area contributed by atoms with Crippen LogP contribution in [0.2, 0.25) is 0 Å². The number of carbonyl (C=O) groups excluding carboxylic acids is 1. The van der Waals surface area contributed by atoms with E-state index in [0.717, 1.165) is 50.0 Å². The summed E-state index contributed by atoms with van der Waals surface area (Å²) in [5.74, 6) is -1.25. The van der Waals surface area contributed by atoms with E-state index in [0.29, 0.717) is 47.3 Å². The van der Waals surface area contributed by atoms with Gasteiger partial charge in [0, 0.05) is 41.6 Å². The molecule has 0 spiro atoms. The van der Waals surface area contributed by atoms with Gasteiger partial charge in [-0.3, -0.25) is 4.79 Å². The number of carbonyl (C=O) groups is 3. The van der Waals surface area contributed by atoms with Crippen LogP contribution in [0.5, 0.6) is 11.5 Å². The molecule has 0 unspecified atom stereocenters. The minimum atomic E-state index is -1.26. The maximum absolute atomic E-state index is 13.4. The SMILES string of the molecule is COc1cc(C(C)=O)ccc1OCCCN1CCC(c2noc3cc(F)ccc23)CC1.O=C(O)/C=C/C(=O)O. The van der Waals surface area contributed by atoms with Crippen molar-refractivity contribution in [2.75, 3.05) is 33.4 Å². The molecule has 1 saturated heterocycles. The van der Waals surface area contributed by atoms with Crippen LogP contribution in [0.4, 0.5) is 4.39 Å². The van der Waals surface area contributed by atoms with Crippen LogP contribution in [0, 0.1) is 5.82 Å². The summed E-state index contributed by atoms with van der Waals surface area (Å²) in [4.78, 5) is 33.0. The molecule has 208 valence electrons. The molecule has 0 bridgehead atoms. The number of aliphatic carboxylic acids is 2. The van der Waals surface area contributed by atoms with Crippen LogP contribution in [0.25, 0.3) is 11.0 Å². The fourth-order valence-electron chi connectivity index (χ4n) is 4.27. The second kappa shape index (κ2) is 14.1. The molecular weight excluding hydrogens is 511 g/mol. The number of rotatable bonds is 10. The highest BCUT2D eigenvalue weighted by Gasteiger charge is 2.25. The van der Waals surface area contributed by atoms with Gasteiger partial charge >= 0.3 is 11.9 Å². The second-order valence-electron chi connectivity index (χ2n) is 8.96. The van der Waals surface area contributed by atoms with Crippen molar-refractivity contribution in [3.8, 4) is 11.5 Å². The van der Waals surface area contributed by atoms with Gasteiger partial charge in [0.25, 0.3) is 0 Å². The summed E-state index contributed by atoms with van der Waals surface area (Å²) >= 11 is 0. The van der Waals surface area contributed by atoms with Crippen molar-refractivity contribution in [2.24, 2.45) is 0 Å². The van der Waals surface area contributed by atoms with Crippen LogP contribution < -0.4 is 9.47 Å². The predicted octanol–water partition coefficient (Wildman–Crippen LogP) is 4.54. The van der Waals surface area contributed by atoms with Crippen LogP contribution >= 0.6 is 0 Å². The molecule has 2 heterocycles. The Labute approximate surface area is 224 Å². The molecule has 0 saturated carbocycles. The lowest BCUT2D eigenvalue weighted by molar-refractivity contribution is -0.134. The highest BCUT2D eigenvalue weighted by Crippen LogP contribution is 2.33. The van der Waals surface area contributed by atoms with Crippen molar-refractivity contribution in [1.29, 1.82) is 0 Å². The molecule has 2 aromatic carbocycles. The summed E-state index contributed by atoms with van der Waals surface area (Å²) in [6, 6.07) is 9.87. The van der Waals surface area contributed by atoms with Crippen molar-refractivity contribution >= 4 is 28.7 Å². The molecule has 39 heavy (non-hydrogen) atoms. The van der Waals surface area contributed by atoms with E-state index in [1.165, 1.54) is 19.1 Å². The molecular formula is C28H31FN2O8. The summed E-state index contributed by atoms with van der Waals surface area (Å²) < 4.78 is 29.9. The van der Waals surface area contributed by atoms with E-state index >= 15 is 0 Å². The third-order valence-corrected chi connectivity index (χ3v) is 6.25. The first-order valence-corrected chi connectivity index (χ1v) is 12.4. The van der Waals surface area contributed by atoms with Crippen LogP contribution in [0.15, 0.2) is 53.1 Å². The topological polar surface area (TPSA) is 139 Å². The third kappa shape index (κ3) is 8.64. The van der Waals surface area contributed by atoms with Gasteiger partial charge in [0.1, 0.15) is 5.82 Å². The molecule has 10 nitrogen and oxygen atoms in total. The molecule has 1 aliphatic rings. The van der Waals surface area contributed by atoms with E-state index in [1.807, 2.05) is 0 Å². The molecule has 1 aromatic heterocycles. The van der Waals surface area contributed by atoms with Crippen molar-refractivity contribution < 1.29 is 43.0 Å². The summed E-state index contributed by atoms with van der Waals surface area (Å²) in [5.41, 5.74) is 2.07. The number of likely N-dealkylation sites (tertiary alicyclic amines) is 1. The number of hydrogen-bond donors (Lipinski definition) is 2. The number of ether oxygens (including phenoxy) is 2. The second-order valence-corrected chi connectivity index (χ2v) is 8.96. The highest BCUT2D eigenvalue weighted by atomic mass is 19.1. The van der Waals surface area contributed by atoms with Crippen LogP contribution in [-0.4, -0.2) is 71.3 Å². The van der Waals surface area contributed by atoms with Gasteiger partial charge in [-0.25, -0.2) is 14.0 Å². The molecule has 1 fully saturated rings. The van der Waals surface area contributed by atoms with E-state index in [-0.39, 0.29) is 11.6 Å². The van der Waals surface area contributed by atoms with E-state index in [1.54, 1.807) is 31.4 Å². The Morgan fingerprint density at radius 3 is 2.38 bits per heavy atom. The number of halogens is 1. The normalized spacial score (nSPS) is 14.1. The largest absolute Gasteiger partial charge is 0.493 e. The molecule has 3 aromatic rings. The monoisotopic (exact) mass is 542 g/mol. The Balaban J connectivity index is 0.000000459. The fraction of sp³-hybridized carbons (Fsp3) is 0.357. The van der Waals surface area contributed by atoms with Gasteiger partial charge in [-0.05, 0) is 69.6 Å². The Hall–Kier alpha value is -4.25. The van der Waals surface area contributed by atoms with Crippen molar-refractivity contribution in [3.63, 3.8) is 0 Å². The van der Waals surface area contributed by atoms with Crippen LogP contribution in [0.1, 0.15) is 48.2 Å². The van der Waals surface area contributed by atoms with E-state index in [4.69, 9.17) is 24.2 Å². The number of aromatic nitrogens is 1. The van der Waals surface area contributed by atoms with E-state index in [9.17, 15) is 18.8 Å². The molecule has 0 amide bonds. The van der Waals surface area contributed by atoms with Crippen molar-refractivity contribution in [3.05, 3.63) is 65.6 Å². The first-order valence-electron chi connectivity index (χ1n) is 12.4. The zero-order chi connectivity index (χ0) is 28.4. The highest BCUT2D eigenvalue weighted by molar-refractivity contribution is 5.94. The lowest BCUT2D eigenvalue weighted by atomic mass is 9.91. The number of piperidine rings is 1. The molecule has 4 rings (SSSR count). The maximum atomic E-state index is 13.4. The van der Waals surface area contributed by atoms with Crippen LogP contribution in [-0.2, 0) is 9.59 Å². The number of nitrogens with zero attached hydrogens (tertiary/aromatic N) is 2. The number of ketones is 1. The summed E-state index contributed by atoms with van der Waals surface area (Å²) in [6.45, 7) is 5.03. The van der Waals surface area contributed by atoms with Gasteiger partial charge in [-0.15, -0.1) is 0 Å². The first kappa shape index (κ1) is 29.3. The Bertz CT molecular complexity index is 1310. The fourth-order valence-corrected chi connectivity index (χ4v) is 4.27. The zero-order valence-electron chi connectivity index (χ0n) is 21.8. The smallest absolute Gasteiger partial charge is 0.328 e.